The topological polar surface area (TPSA) is 78.9 Å². The lowest BCUT2D eigenvalue weighted by atomic mass is 9.77. The van der Waals surface area contributed by atoms with Crippen molar-refractivity contribution < 1.29 is 28.6 Å². The average Bonchev–Trinajstić information content (AvgIpc) is 3.62. The van der Waals surface area contributed by atoms with Crippen LogP contribution in [0.4, 0.5) is 0 Å². The van der Waals surface area contributed by atoms with Crippen molar-refractivity contribution in [2.45, 2.75) is 24.7 Å². The number of carbonyl (C=O) groups is 3. The van der Waals surface area contributed by atoms with Crippen LogP contribution >= 0.6 is 0 Å². The normalized spacial score (nSPS) is 28.9. The van der Waals surface area contributed by atoms with Crippen molar-refractivity contribution in [3.8, 4) is 0 Å². The molecule has 3 aromatic rings. The van der Waals surface area contributed by atoms with Crippen LogP contribution in [0.15, 0.2) is 103 Å². The molecule has 6 rings (SSSR count). The molecule has 3 aliphatic carbocycles. The van der Waals surface area contributed by atoms with E-state index in [-0.39, 0.29) is 29.6 Å². The highest BCUT2D eigenvalue weighted by atomic mass is 16.6. The minimum atomic E-state index is -0.635. The van der Waals surface area contributed by atoms with Crippen LogP contribution < -0.4 is 0 Å². The van der Waals surface area contributed by atoms with Gasteiger partial charge >= 0.3 is 17.9 Å². The number of carbonyl (C=O) groups excluding carboxylic acids is 3. The molecule has 0 radical (unpaired) electrons. The molecule has 0 N–H and O–H groups in total. The summed E-state index contributed by atoms with van der Waals surface area (Å²) in [5, 5.41) is 0. The van der Waals surface area contributed by atoms with E-state index < -0.39 is 30.3 Å². The quantitative estimate of drug-likeness (QED) is 0.269. The number of allylic oxidation sites excluding steroid dienone is 1. The molecule has 2 saturated carbocycles. The molecule has 6 heteroatoms. The van der Waals surface area contributed by atoms with Crippen LogP contribution in [-0.4, -0.2) is 36.2 Å². The van der Waals surface area contributed by atoms with Gasteiger partial charge in [-0.15, -0.1) is 0 Å². The Labute approximate surface area is 214 Å². The lowest BCUT2D eigenvalue weighted by Crippen LogP contribution is -2.48. The molecule has 0 unspecified atom stereocenters. The summed E-state index contributed by atoms with van der Waals surface area (Å²) in [6.45, 7) is 0. The van der Waals surface area contributed by atoms with Gasteiger partial charge in [-0.1, -0.05) is 60.7 Å². The molecule has 2 bridgehead atoms. The first-order chi connectivity index (χ1) is 18.1. The van der Waals surface area contributed by atoms with Gasteiger partial charge in [0.05, 0.1) is 16.7 Å². The first-order valence-electron chi connectivity index (χ1n) is 12.6. The van der Waals surface area contributed by atoms with E-state index in [1.807, 2.05) is 24.3 Å². The Kier molecular flexibility index (Phi) is 6.08. The van der Waals surface area contributed by atoms with Gasteiger partial charge in [0, 0.05) is 17.8 Å². The average molecular weight is 495 g/mol. The number of hydrogen-bond donors (Lipinski definition) is 0. The van der Waals surface area contributed by atoms with Crippen LogP contribution in [-0.2, 0) is 14.2 Å². The molecule has 6 nitrogen and oxygen atoms in total. The number of rotatable bonds is 6. The van der Waals surface area contributed by atoms with E-state index in [2.05, 4.69) is 6.08 Å². The van der Waals surface area contributed by atoms with Crippen molar-refractivity contribution in [3.63, 3.8) is 0 Å². The molecule has 0 saturated heterocycles. The van der Waals surface area contributed by atoms with Gasteiger partial charge in [0.15, 0.2) is 0 Å². The summed E-state index contributed by atoms with van der Waals surface area (Å²) in [5.41, 5.74) is 1.38. The second kappa shape index (κ2) is 9.69. The molecular weight excluding hydrogens is 468 g/mol. The zero-order valence-corrected chi connectivity index (χ0v) is 20.0. The van der Waals surface area contributed by atoms with Crippen LogP contribution in [0.25, 0.3) is 0 Å². The van der Waals surface area contributed by atoms with E-state index in [4.69, 9.17) is 14.2 Å². The molecule has 186 valence electrons. The van der Waals surface area contributed by atoms with Crippen LogP contribution in [0.1, 0.15) is 37.5 Å². The highest BCUT2D eigenvalue weighted by Gasteiger charge is 2.64. The van der Waals surface area contributed by atoms with Gasteiger partial charge in [0.2, 0.25) is 0 Å². The smallest absolute Gasteiger partial charge is 0.338 e. The Morgan fingerprint density at radius 3 is 1.46 bits per heavy atom. The predicted octanol–water partition coefficient (Wildman–Crippen LogP) is 5.12. The fourth-order valence-corrected chi connectivity index (χ4v) is 6.22. The third kappa shape index (κ3) is 4.33. The van der Waals surface area contributed by atoms with Crippen molar-refractivity contribution in [1.29, 1.82) is 0 Å². The maximum Gasteiger partial charge on any atom is 0.338 e. The first kappa shape index (κ1) is 23.2. The van der Waals surface area contributed by atoms with Gasteiger partial charge < -0.3 is 14.2 Å². The van der Waals surface area contributed by atoms with Gasteiger partial charge in [-0.2, -0.15) is 0 Å². The fraction of sp³-hybridized carbons (Fsp3) is 0.258. The van der Waals surface area contributed by atoms with Crippen molar-refractivity contribution in [2.75, 3.05) is 0 Å². The van der Waals surface area contributed by atoms with E-state index >= 15 is 0 Å². The SMILES string of the molecule is O=C(O[C@@H]1[C@@H]2C[C@@H]([C@@H]3C=C[C@@H](OC(=O)c4ccccc4)[C@@H]32)[C@@H]1OC(=O)c1ccccc1)c1ccccc1. The third-order valence-corrected chi connectivity index (χ3v) is 7.81. The molecule has 3 aromatic carbocycles. The number of benzene rings is 3. The summed E-state index contributed by atoms with van der Waals surface area (Å²) < 4.78 is 18.0. The van der Waals surface area contributed by atoms with Gasteiger partial charge in [-0.05, 0) is 54.8 Å². The van der Waals surface area contributed by atoms with Crippen molar-refractivity contribution in [3.05, 3.63) is 120 Å². The molecule has 0 amide bonds. The molecule has 2 fully saturated rings. The van der Waals surface area contributed by atoms with E-state index in [0.29, 0.717) is 16.7 Å². The van der Waals surface area contributed by atoms with E-state index in [0.717, 1.165) is 6.42 Å². The summed E-state index contributed by atoms with van der Waals surface area (Å²) in [6.07, 6.45) is 3.06. The number of ether oxygens (including phenoxy) is 3. The highest BCUT2D eigenvalue weighted by molar-refractivity contribution is 5.91. The minimum Gasteiger partial charge on any atom is -0.455 e. The Bertz CT molecular complexity index is 1320. The molecule has 3 aliphatic rings. The van der Waals surface area contributed by atoms with E-state index in [9.17, 15) is 14.4 Å². The Morgan fingerprint density at radius 2 is 0.973 bits per heavy atom. The van der Waals surface area contributed by atoms with Crippen molar-refractivity contribution in [2.24, 2.45) is 23.7 Å². The molecule has 7 atom stereocenters. The molecule has 0 aliphatic heterocycles. The Morgan fingerprint density at radius 1 is 0.541 bits per heavy atom. The largest absolute Gasteiger partial charge is 0.455 e. The highest BCUT2D eigenvalue weighted by Crippen LogP contribution is 2.59. The molecule has 0 aromatic heterocycles. The zero-order chi connectivity index (χ0) is 25.4. The number of hydrogen-bond acceptors (Lipinski definition) is 6. The van der Waals surface area contributed by atoms with E-state index in [1.165, 1.54) is 0 Å². The Balaban J connectivity index is 1.25. The maximum atomic E-state index is 13.1. The number of esters is 3. The summed E-state index contributed by atoms with van der Waals surface area (Å²) >= 11 is 0. The first-order valence-corrected chi connectivity index (χ1v) is 12.6. The standard InChI is InChI=1S/C31H26O6/c32-29(19-10-4-1-5-11-19)35-25-17-16-22-23-18-24(26(22)25)28(37-31(34)21-14-8-3-9-15-21)27(23)36-30(33)20-12-6-2-7-13-20/h1-17,22-28H,18H2/t22-,23-,24+,25+,26-,27-,28+/m0/s1. The third-order valence-electron chi connectivity index (χ3n) is 7.81. The second-order valence-corrected chi connectivity index (χ2v) is 9.81. The fourth-order valence-electron chi connectivity index (χ4n) is 6.22. The summed E-state index contributed by atoms with van der Waals surface area (Å²) in [4.78, 5) is 38.8. The summed E-state index contributed by atoms with van der Waals surface area (Å²) in [7, 11) is 0. The zero-order valence-electron chi connectivity index (χ0n) is 20.0. The van der Waals surface area contributed by atoms with Gasteiger partial charge in [-0.3, -0.25) is 0 Å². The monoisotopic (exact) mass is 494 g/mol. The lowest BCUT2D eigenvalue weighted by molar-refractivity contribution is -0.0856. The molecule has 0 spiro atoms. The van der Waals surface area contributed by atoms with Crippen LogP contribution in [0.5, 0.6) is 0 Å². The summed E-state index contributed by atoms with van der Waals surface area (Å²) in [5.74, 6) is -1.41. The second-order valence-electron chi connectivity index (χ2n) is 9.81. The molecule has 37 heavy (non-hydrogen) atoms. The van der Waals surface area contributed by atoms with Crippen molar-refractivity contribution in [1.82, 2.24) is 0 Å². The minimum absolute atomic E-state index is 0.0343. The van der Waals surface area contributed by atoms with E-state index in [1.54, 1.807) is 72.8 Å². The van der Waals surface area contributed by atoms with Gasteiger partial charge in [-0.25, -0.2) is 14.4 Å². The lowest BCUT2D eigenvalue weighted by Gasteiger charge is -2.38. The maximum absolute atomic E-state index is 13.1. The van der Waals surface area contributed by atoms with Crippen LogP contribution in [0, 0.1) is 23.7 Å². The van der Waals surface area contributed by atoms with Crippen molar-refractivity contribution >= 4 is 17.9 Å². The van der Waals surface area contributed by atoms with Gasteiger partial charge in [0.1, 0.15) is 18.3 Å². The van der Waals surface area contributed by atoms with Gasteiger partial charge in [0.25, 0.3) is 0 Å². The predicted molar refractivity (Wildman–Crippen MR) is 135 cm³/mol. The van der Waals surface area contributed by atoms with Crippen LogP contribution in [0.2, 0.25) is 0 Å². The summed E-state index contributed by atoms with van der Waals surface area (Å²) in [6, 6.07) is 26.5. The van der Waals surface area contributed by atoms with Crippen LogP contribution in [0.3, 0.4) is 0 Å². The number of fused-ring (bicyclic) bond motifs is 5. The Hall–Kier alpha value is -4.19. The molecular formula is C31H26O6. The molecule has 0 heterocycles.